The summed E-state index contributed by atoms with van der Waals surface area (Å²) in [5.41, 5.74) is 2.20. The zero-order valence-corrected chi connectivity index (χ0v) is 13.3. The van der Waals surface area contributed by atoms with Crippen LogP contribution in [-0.2, 0) is 6.54 Å². The molecule has 1 N–H and O–H groups in total. The van der Waals surface area contributed by atoms with Gasteiger partial charge in [-0.3, -0.25) is 4.79 Å². The fourth-order valence-electron chi connectivity index (χ4n) is 2.79. The number of hydrogen-bond acceptors (Lipinski definition) is 3. The molecule has 23 heavy (non-hydrogen) atoms. The van der Waals surface area contributed by atoms with Gasteiger partial charge in [0.25, 0.3) is 0 Å². The number of nitrogens with one attached hydrogen (secondary N) is 1. The molecule has 1 heterocycles. The third-order valence-electron chi connectivity index (χ3n) is 3.93. The molecular weight excluding hydrogens is 302 g/mol. The number of hydrogen-bond donors (Lipinski definition) is 1. The van der Waals surface area contributed by atoms with Gasteiger partial charge in [0.05, 0.1) is 5.39 Å². The second-order valence-corrected chi connectivity index (χ2v) is 6.53. The molecule has 0 aliphatic heterocycles. The van der Waals surface area contributed by atoms with Crippen LogP contribution in [0.5, 0.6) is 0 Å². The Morgan fingerprint density at radius 3 is 2.39 bits per heavy atom. The smallest absolute Gasteiger partial charge is 0.197 e. The summed E-state index contributed by atoms with van der Waals surface area (Å²) in [5.74, 6) is 0. The Morgan fingerprint density at radius 1 is 0.783 bits per heavy atom. The SMILES string of the molecule is O=c1c2ccccc2sc2cccc(NCc3ccccc3)c12. The van der Waals surface area contributed by atoms with E-state index in [0.29, 0.717) is 6.54 Å². The number of benzene rings is 3. The fourth-order valence-corrected chi connectivity index (χ4v) is 3.89. The van der Waals surface area contributed by atoms with Crippen LogP contribution in [0.25, 0.3) is 20.2 Å². The Hall–Kier alpha value is -2.65. The van der Waals surface area contributed by atoms with Crippen molar-refractivity contribution in [3.63, 3.8) is 0 Å². The lowest BCUT2D eigenvalue weighted by atomic mass is 10.1. The summed E-state index contributed by atoms with van der Waals surface area (Å²) in [4.78, 5) is 12.9. The maximum Gasteiger partial charge on any atom is 0.197 e. The van der Waals surface area contributed by atoms with Crippen LogP contribution in [0.4, 0.5) is 5.69 Å². The minimum Gasteiger partial charge on any atom is -0.380 e. The minimum absolute atomic E-state index is 0.102. The van der Waals surface area contributed by atoms with Crippen molar-refractivity contribution in [2.75, 3.05) is 5.32 Å². The van der Waals surface area contributed by atoms with Crippen LogP contribution < -0.4 is 10.7 Å². The maximum atomic E-state index is 12.9. The summed E-state index contributed by atoms with van der Waals surface area (Å²) < 4.78 is 2.05. The first-order valence-corrected chi connectivity index (χ1v) is 8.37. The molecule has 4 aromatic rings. The molecule has 0 bridgehead atoms. The van der Waals surface area contributed by atoms with E-state index in [1.165, 1.54) is 5.56 Å². The summed E-state index contributed by atoms with van der Waals surface area (Å²) in [6.07, 6.45) is 0. The van der Waals surface area contributed by atoms with E-state index in [0.717, 1.165) is 25.9 Å². The van der Waals surface area contributed by atoms with Gasteiger partial charge in [0, 0.05) is 27.0 Å². The zero-order valence-electron chi connectivity index (χ0n) is 12.5. The van der Waals surface area contributed by atoms with E-state index in [1.807, 2.05) is 60.7 Å². The first-order chi connectivity index (χ1) is 11.3. The Balaban J connectivity index is 1.84. The first-order valence-electron chi connectivity index (χ1n) is 7.55. The van der Waals surface area contributed by atoms with Crippen LogP contribution >= 0.6 is 11.3 Å². The predicted octanol–water partition coefficient (Wildman–Crippen LogP) is 5.03. The lowest BCUT2D eigenvalue weighted by Gasteiger charge is -2.10. The van der Waals surface area contributed by atoms with Gasteiger partial charge in [-0.1, -0.05) is 48.5 Å². The van der Waals surface area contributed by atoms with Gasteiger partial charge in [-0.15, -0.1) is 11.3 Å². The van der Waals surface area contributed by atoms with Gasteiger partial charge in [0.2, 0.25) is 0 Å². The Morgan fingerprint density at radius 2 is 1.52 bits per heavy atom. The summed E-state index contributed by atoms with van der Waals surface area (Å²) in [6.45, 7) is 0.705. The van der Waals surface area contributed by atoms with Crippen LogP contribution in [0.3, 0.4) is 0 Å². The molecule has 0 radical (unpaired) electrons. The van der Waals surface area contributed by atoms with Crippen molar-refractivity contribution in [2.24, 2.45) is 0 Å². The quantitative estimate of drug-likeness (QED) is 0.537. The molecular formula is C20H15NOS. The maximum absolute atomic E-state index is 12.9. The molecule has 4 rings (SSSR count). The molecule has 1 aromatic heterocycles. The van der Waals surface area contributed by atoms with E-state index in [9.17, 15) is 4.79 Å². The monoisotopic (exact) mass is 317 g/mol. The number of fused-ring (bicyclic) bond motifs is 2. The van der Waals surface area contributed by atoms with E-state index in [4.69, 9.17) is 0 Å². The number of anilines is 1. The summed E-state index contributed by atoms with van der Waals surface area (Å²) >= 11 is 1.66. The van der Waals surface area contributed by atoms with Crippen LogP contribution in [-0.4, -0.2) is 0 Å². The van der Waals surface area contributed by atoms with Crippen LogP contribution in [0.2, 0.25) is 0 Å². The molecule has 0 aliphatic rings. The highest BCUT2D eigenvalue weighted by Crippen LogP contribution is 2.29. The Bertz CT molecular complexity index is 1040. The summed E-state index contributed by atoms with van der Waals surface area (Å²) in [6, 6.07) is 24.0. The third-order valence-corrected chi connectivity index (χ3v) is 5.07. The van der Waals surface area contributed by atoms with Crippen molar-refractivity contribution in [3.05, 3.63) is 88.6 Å². The van der Waals surface area contributed by atoms with Gasteiger partial charge >= 0.3 is 0 Å². The van der Waals surface area contributed by atoms with E-state index in [1.54, 1.807) is 11.3 Å². The summed E-state index contributed by atoms with van der Waals surface area (Å²) in [5, 5.41) is 4.99. The lowest BCUT2D eigenvalue weighted by molar-refractivity contribution is 1.15. The second-order valence-electron chi connectivity index (χ2n) is 5.45. The van der Waals surface area contributed by atoms with Gasteiger partial charge in [-0.05, 0) is 29.8 Å². The number of rotatable bonds is 3. The molecule has 0 fully saturated rings. The van der Waals surface area contributed by atoms with E-state index in [2.05, 4.69) is 17.4 Å². The van der Waals surface area contributed by atoms with E-state index in [-0.39, 0.29) is 5.43 Å². The van der Waals surface area contributed by atoms with Gasteiger partial charge in [-0.2, -0.15) is 0 Å². The van der Waals surface area contributed by atoms with Crippen LogP contribution in [0, 0.1) is 0 Å². The van der Waals surface area contributed by atoms with E-state index >= 15 is 0 Å². The predicted molar refractivity (Wildman–Crippen MR) is 99.4 cm³/mol. The second kappa shape index (κ2) is 5.86. The highest BCUT2D eigenvalue weighted by molar-refractivity contribution is 7.24. The first kappa shape index (κ1) is 14.0. The average Bonchev–Trinajstić information content (AvgIpc) is 2.61. The van der Waals surface area contributed by atoms with Gasteiger partial charge in [0.1, 0.15) is 0 Å². The molecule has 3 aromatic carbocycles. The Labute approximate surface area is 138 Å². The van der Waals surface area contributed by atoms with E-state index < -0.39 is 0 Å². The molecule has 0 saturated carbocycles. The minimum atomic E-state index is 0.102. The van der Waals surface area contributed by atoms with Gasteiger partial charge < -0.3 is 5.32 Å². The zero-order chi connectivity index (χ0) is 15.6. The molecule has 112 valence electrons. The molecule has 0 aliphatic carbocycles. The lowest BCUT2D eigenvalue weighted by Crippen LogP contribution is -2.06. The molecule has 2 nitrogen and oxygen atoms in total. The topological polar surface area (TPSA) is 29.1 Å². The molecule has 0 amide bonds. The van der Waals surface area contributed by atoms with Crippen molar-refractivity contribution in [3.8, 4) is 0 Å². The summed E-state index contributed by atoms with van der Waals surface area (Å²) in [7, 11) is 0. The average molecular weight is 317 g/mol. The fraction of sp³-hybridized carbons (Fsp3) is 0.0500. The largest absolute Gasteiger partial charge is 0.380 e. The third kappa shape index (κ3) is 2.60. The standard InChI is InChI=1S/C20H15NOS/c22-20-15-9-4-5-11-17(15)23-18-12-6-10-16(19(18)20)21-13-14-7-2-1-3-8-14/h1-12,21H,13H2. The van der Waals surface area contributed by atoms with Crippen molar-refractivity contribution in [2.45, 2.75) is 6.54 Å². The highest BCUT2D eigenvalue weighted by atomic mass is 32.1. The van der Waals surface area contributed by atoms with Crippen molar-refractivity contribution < 1.29 is 0 Å². The molecule has 0 saturated heterocycles. The van der Waals surface area contributed by atoms with Crippen molar-refractivity contribution in [1.82, 2.24) is 0 Å². The Kier molecular flexibility index (Phi) is 3.56. The van der Waals surface area contributed by atoms with Crippen LogP contribution in [0.1, 0.15) is 5.56 Å². The molecule has 3 heteroatoms. The van der Waals surface area contributed by atoms with Crippen molar-refractivity contribution in [1.29, 1.82) is 0 Å². The molecule has 0 spiro atoms. The van der Waals surface area contributed by atoms with Gasteiger partial charge in [0.15, 0.2) is 5.43 Å². The van der Waals surface area contributed by atoms with Gasteiger partial charge in [-0.25, -0.2) is 0 Å². The highest BCUT2D eigenvalue weighted by Gasteiger charge is 2.09. The normalized spacial score (nSPS) is 11.0. The van der Waals surface area contributed by atoms with Crippen molar-refractivity contribution >= 4 is 37.2 Å². The molecule has 0 atom stereocenters. The molecule has 0 unspecified atom stereocenters. The van der Waals surface area contributed by atoms with Crippen LogP contribution in [0.15, 0.2) is 77.6 Å².